The lowest BCUT2D eigenvalue weighted by molar-refractivity contribution is -0.199. The van der Waals surface area contributed by atoms with Crippen molar-refractivity contribution in [1.82, 2.24) is 0 Å². The summed E-state index contributed by atoms with van der Waals surface area (Å²) < 4.78 is 17.7. The van der Waals surface area contributed by atoms with Crippen LogP contribution in [0.4, 0.5) is 0 Å². The van der Waals surface area contributed by atoms with Gasteiger partial charge in [-0.3, -0.25) is 0 Å². The van der Waals surface area contributed by atoms with Gasteiger partial charge < -0.3 is 24.1 Å². The van der Waals surface area contributed by atoms with E-state index in [0.717, 1.165) is 37.7 Å². The van der Waals surface area contributed by atoms with Crippen LogP contribution in [0.15, 0.2) is 30.3 Å². The number of hydrogen-bond acceptors (Lipinski definition) is 5. The Bertz CT molecular complexity index is 514. The van der Waals surface area contributed by atoms with Crippen molar-refractivity contribution in [2.75, 3.05) is 13.2 Å². The molecule has 1 aliphatic carbocycles. The van der Waals surface area contributed by atoms with Crippen molar-refractivity contribution in [3.05, 3.63) is 35.9 Å². The SMILES string of the molecule is O=CCC1C(O)CC(OC2CCCCO2)C1COCc1ccccc1. The van der Waals surface area contributed by atoms with Crippen molar-refractivity contribution in [2.45, 2.75) is 57.2 Å². The van der Waals surface area contributed by atoms with Gasteiger partial charge in [-0.15, -0.1) is 0 Å². The number of benzene rings is 1. The van der Waals surface area contributed by atoms with E-state index in [2.05, 4.69) is 0 Å². The van der Waals surface area contributed by atoms with Crippen LogP contribution in [0.5, 0.6) is 0 Å². The molecular weight excluding hydrogens is 320 g/mol. The largest absolute Gasteiger partial charge is 0.393 e. The maximum absolute atomic E-state index is 11.0. The van der Waals surface area contributed by atoms with E-state index in [4.69, 9.17) is 14.2 Å². The molecule has 0 bridgehead atoms. The molecule has 5 atom stereocenters. The molecule has 5 heteroatoms. The topological polar surface area (TPSA) is 65.0 Å². The molecule has 1 aliphatic heterocycles. The van der Waals surface area contributed by atoms with Gasteiger partial charge in [0.15, 0.2) is 6.29 Å². The zero-order valence-corrected chi connectivity index (χ0v) is 14.6. The van der Waals surface area contributed by atoms with Gasteiger partial charge in [-0.1, -0.05) is 30.3 Å². The predicted molar refractivity (Wildman–Crippen MR) is 92.8 cm³/mol. The predicted octanol–water partition coefficient (Wildman–Crippen LogP) is 2.70. The summed E-state index contributed by atoms with van der Waals surface area (Å²) in [6.45, 7) is 1.72. The van der Waals surface area contributed by atoms with E-state index < -0.39 is 6.10 Å². The Kier molecular flexibility index (Phi) is 6.99. The maximum atomic E-state index is 11.0. The Labute approximate surface area is 149 Å². The summed E-state index contributed by atoms with van der Waals surface area (Å²) in [6.07, 6.45) is 3.99. The Morgan fingerprint density at radius 1 is 1.20 bits per heavy atom. The van der Waals surface area contributed by atoms with Crippen molar-refractivity contribution in [3.8, 4) is 0 Å². The van der Waals surface area contributed by atoms with Crippen LogP contribution in [0, 0.1) is 11.8 Å². The zero-order chi connectivity index (χ0) is 17.5. The van der Waals surface area contributed by atoms with Gasteiger partial charge in [0.1, 0.15) is 6.29 Å². The number of carbonyl (C=O) groups excluding carboxylic acids is 1. The number of ether oxygens (including phenoxy) is 3. The third-order valence-corrected chi connectivity index (χ3v) is 5.25. The molecular formula is C20H28O5. The molecule has 5 unspecified atom stereocenters. The standard InChI is InChI=1S/C20H28O5/c21-10-9-16-17(14-23-13-15-6-2-1-3-7-15)19(12-18(16)22)25-20-8-4-5-11-24-20/h1-3,6-7,10,16-20,22H,4-5,8-9,11-14H2. The fraction of sp³-hybridized carbons (Fsp3) is 0.650. The summed E-state index contributed by atoms with van der Waals surface area (Å²) in [7, 11) is 0. The van der Waals surface area contributed by atoms with E-state index in [0.29, 0.717) is 26.1 Å². The summed E-state index contributed by atoms with van der Waals surface area (Å²) >= 11 is 0. The summed E-state index contributed by atoms with van der Waals surface area (Å²) in [5, 5.41) is 10.4. The first-order valence-corrected chi connectivity index (χ1v) is 9.28. The van der Waals surface area contributed by atoms with Crippen LogP contribution >= 0.6 is 0 Å². The monoisotopic (exact) mass is 348 g/mol. The smallest absolute Gasteiger partial charge is 0.157 e. The second-order valence-electron chi connectivity index (χ2n) is 7.00. The molecule has 0 radical (unpaired) electrons. The number of aliphatic hydroxyl groups is 1. The second-order valence-corrected chi connectivity index (χ2v) is 7.00. The number of aldehydes is 1. The molecule has 25 heavy (non-hydrogen) atoms. The Balaban J connectivity index is 1.58. The molecule has 1 N–H and O–H groups in total. The van der Waals surface area contributed by atoms with E-state index in [-0.39, 0.29) is 24.2 Å². The van der Waals surface area contributed by atoms with Gasteiger partial charge >= 0.3 is 0 Å². The Morgan fingerprint density at radius 2 is 2.04 bits per heavy atom. The van der Waals surface area contributed by atoms with Gasteiger partial charge in [0.05, 0.1) is 25.4 Å². The first kappa shape index (κ1) is 18.5. The lowest BCUT2D eigenvalue weighted by atomic mass is 9.92. The molecule has 3 rings (SSSR count). The molecule has 2 fully saturated rings. The molecule has 1 saturated carbocycles. The van der Waals surface area contributed by atoms with Gasteiger partial charge in [0.2, 0.25) is 0 Å². The maximum Gasteiger partial charge on any atom is 0.157 e. The number of aliphatic hydroxyl groups excluding tert-OH is 1. The number of carbonyl (C=O) groups is 1. The number of rotatable bonds is 8. The fourth-order valence-electron chi connectivity index (χ4n) is 3.88. The first-order chi connectivity index (χ1) is 12.3. The molecule has 1 heterocycles. The fourth-order valence-corrected chi connectivity index (χ4v) is 3.88. The van der Waals surface area contributed by atoms with E-state index in [1.54, 1.807) is 0 Å². The van der Waals surface area contributed by atoms with Crippen LogP contribution in [0.1, 0.15) is 37.7 Å². The molecule has 0 spiro atoms. The molecule has 2 aliphatic rings. The van der Waals surface area contributed by atoms with Crippen LogP contribution in [0.25, 0.3) is 0 Å². The Hall–Kier alpha value is -1.27. The molecule has 1 saturated heterocycles. The first-order valence-electron chi connectivity index (χ1n) is 9.28. The van der Waals surface area contributed by atoms with Crippen molar-refractivity contribution in [3.63, 3.8) is 0 Å². The molecule has 1 aromatic carbocycles. The highest BCUT2D eigenvalue weighted by molar-refractivity contribution is 5.50. The summed E-state index contributed by atoms with van der Waals surface area (Å²) in [4.78, 5) is 11.0. The number of hydrogen-bond donors (Lipinski definition) is 1. The molecule has 138 valence electrons. The van der Waals surface area contributed by atoms with Gasteiger partial charge in [-0.25, -0.2) is 0 Å². The van der Waals surface area contributed by atoms with Crippen LogP contribution in [0.3, 0.4) is 0 Å². The minimum atomic E-state index is -0.524. The van der Waals surface area contributed by atoms with Gasteiger partial charge in [-0.05, 0) is 30.7 Å². The van der Waals surface area contributed by atoms with Crippen molar-refractivity contribution in [2.24, 2.45) is 11.8 Å². The average molecular weight is 348 g/mol. The minimum Gasteiger partial charge on any atom is -0.393 e. The van der Waals surface area contributed by atoms with Gasteiger partial charge in [0, 0.05) is 25.4 Å². The highest BCUT2D eigenvalue weighted by Gasteiger charge is 2.44. The van der Waals surface area contributed by atoms with Crippen LogP contribution in [-0.4, -0.2) is 43.1 Å². The van der Waals surface area contributed by atoms with E-state index in [1.165, 1.54) is 0 Å². The summed E-state index contributed by atoms with van der Waals surface area (Å²) in [6, 6.07) is 10.00. The summed E-state index contributed by atoms with van der Waals surface area (Å²) in [5.74, 6) is -0.101. The quantitative estimate of drug-likeness (QED) is 0.732. The average Bonchev–Trinajstić information content (AvgIpc) is 2.92. The van der Waals surface area contributed by atoms with Gasteiger partial charge in [-0.2, -0.15) is 0 Å². The lowest BCUT2D eigenvalue weighted by Crippen LogP contribution is -2.33. The summed E-state index contributed by atoms with van der Waals surface area (Å²) in [5.41, 5.74) is 1.11. The molecule has 1 aromatic rings. The minimum absolute atomic E-state index is 0.00874. The van der Waals surface area contributed by atoms with Crippen molar-refractivity contribution in [1.29, 1.82) is 0 Å². The second kappa shape index (κ2) is 9.43. The van der Waals surface area contributed by atoms with E-state index >= 15 is 0 Å². The lowest BCUT2D eigenvalue weighted by Gasteiger charge is -2.30. The normalized spacial score (nSPS) is 32.6. The molecule has 0 aromatic heterocycles. The molecule has 5 nitrogen and oxygen atoms in total. The van der Waals surface area contributed by atoms with E-state index in [9.17, 15) is 9.90 Å². The Morgan fingerprint density at radius 3 is 2.76 bits per heavy atom. The van der Waals surface area contributed by atoms with Gasteiger partial charge in [0.25, 0.3) is 0 Å². The highest BCUT2D eigenvalue weighted by atomic mass is 16.7. The van der Waals surface area contributed by atoms with Crippen LogP contribution in [0.2, 0.25) is 0 Å². The highest BCUT2D eigenvalue weighted by Crippen LogP contribution is 2.38. The van der Waals surface area contributed by atoms with Crippen molar-refractivity contribution >= 4 is 6.29 Å². The van der Waals surface area contributed by atoms with Crippen LogP contribution in [-0.2, 0) is 25.6 Å². The van der Waals surface area contributed by atoms with Crippen LogP contribution < -0.4 is 0 Å². The molecule has 0 amide bonds. The zero-order valence-electron chi connectivity index (χ0n) is 14.6. The third kappa shape index (κ3) is 5.11. The third-order valence-electron chi connectivity index (χ3n) is 5.25. The van der Waals surface area contributed by atoms with Crippen molar-refractivity contribution < 1.29 is 24.1 Å². The van der Waals surface area contributed by atoms with E-state index in [1.807, 2.05) is 30.3 Å².